The number of benzene rings is 1. The van der Waals surface area contributed by atoms with Gasteiger partial charge in [-0.2, -0.15) is 5.10 Å². The molecule has 0 bridgehead atoms. The first-order valence-corrected chi connectivity index (χ1v) is 10.2. The van der Waals surface area contributed by atoms with Gasteiger partial charge in [0.15, 0.2) is 0 Å². The number of halogens is 1. The highest BCUT2D eigenvalue weighted by Gasteiger charge is 2.32. The molecule has 5 nitrogen and oxygen atoms in total. The van der Waals surface area contributed by atoms with Crippen LogP contribution in [0.3, 0.4) is 0 Å². The highest BCUT2D eigenvalue weighted by molar-refractivity contribution is 7.17. The molecule has 4 heterocycles. The van der Waals surface area contributed by atoms with E-state index in [4.69, 9.17) is 16.7 Å². The van der Waals surface area contributed by atoms with E-state index >= 15 is 0 Å². The number of nitrogens with zero attached hydrogens (tertiary/aromatic N) is 4. The van der Waals surface area contributed by atoms with Gasteiger partial charge in [0.2, 0.25) is 0 Å². The smallest absolute Gasteiger partial charge is 0.264 e. The molecule has 4 aromatic rings. The van der Waals surface area contributed by atoms with Gasteiger partial charge in [-0.15, -0.1) is 11.3 Å². The summed E-state index contributed by atoms with van der Waals surface area (Å²) in [6.45, 7) is 3.11. The summed E-state index contributed by atoms with van der Waals surface area (Å²) in [7, 11) is 0. The Bertz CT molecular complexity index is 1180. The number of amides is 1. The van der Waals surface area contributed by atoms with Crippen LogP contribution in [0.15, 0.2) is 60.9 Å². The minimum absolute atomic E-state index is 0.00389. The largest absolute Gasteiger partial charge is 0.327 e. The summed E-state index contributed by atoms with van der Waals surface area (Å²) in [5, 5.41) is 4.89. The van der Waals surface area contributed by atoms with Gasteiger partial charge < -0.3 is 9.47 Å². The Labute approximate surface area is 171 Å². The first-order chi connectivity index (χ1) is 13.6. The fraction of sp³-hybridized carbons (Fsp3) is 0.143. The molecule has 0 saturated carbocycles. The first-order valence-electron chi connectivity index (χ1n) is 8.96. The molecule has 1 aromatic carbocycles. The summed E-state index contributed by atoms with van der Waals surface area (Å²) < 4.78 is 4.68. The number of aryl methyl sites for hydroxylation is 1. The second kappa shape index (κ2) is 6.65. The molecule has 0 radical (unpaired) electrons. The number of carbonyl (C=O) groups is 1. The van der Waals surface area contributed by atoms with Gasteiger partial charge >= 0.3 is 0 Å². The molecular formula is C21H17ClN4OS. The van der Waals surface area contributed by atoms with Crippen molar-refractivity contribution >= 4 is 28.8 Å². The van der Waals surface area contributed by atoms with Crippen LogP contribution >= 0.6 is 22.9 Å². The second-order valence-electron chi connectivity index (χ2n) is 6.80. The third kappa shape index (κ3) is 2.77. The Kier molecular flexibility index (Phi) is 4.10. The van der Waals surface area contributed by atoms with E-state index in [0.29, 0.717) is 22.3 Å². The molecule has 5 rings (SSSR count). The van der Waals surface area contributed by atoms with E-state index in [1.54, 1.807) is 12.1 Å². The molecule has 0 aliphatic carbocycles. The molecule has 1 amide bonds. The molecule has 0 unspecified atom stereocenters. The Morgan fingerprint density at radius 1 is 1.07 bits per heavy atom. The molecule has 140 valence electrons. The second-order valence-corrected chi connectivity index (χ2v) is 8.52. The lowest BCUT2D eigenvalue weighted by atomic mass is 10.2. The highest BCUT2D eigenvalue weighted by Crippen LogP contribution is 2.33. The summed E-state index contributed by atoms with van der Waals surface area (Å²) in [5.74, 6) is 0.976. The Morgan fingerprint density at radius 3 is 2.57 bits per heavy atom. The van der Waals surface area contributed by atoms with Gasteiger partial charge in [-0.25, -0.2) is 4.68 Å². The van der Waals surface area contributed by atoms with Gasteiger partial charge in [0.25, 0.3) is 5.91 Å². The van der Waals surface area contributed by atoms with Crippen LogP contribution in [-0.4, -0.2) is 25.2 Å². The zero-order chi connectivity index (χ0) is 19.3. The van der Waals surface area contributed by atoms with E-state index in [9.17, 15) is 4.79 Å². The Hall–Kier alpha value is -2.83. The predicted molar refractivity (Wildman–Crippen MR) is 111 cm³/mol. The van der Waals surface area contributed by atoms with E-state index < -0.39 is 0 Å². The topological polar surface area (TPSA) is 43.1 Å². The molecule has 0 atom stereocenters. The number of aromatic nitrogens is 3. The van der Waals surface area contributed by atoms with Crippen LogP contribution in [0.5, 0.6) is 0 Å². The number of para-hydroxylation sites is 1. The van der Waals surface area contributed by atoms with Crippen molar-refractivity contribution in [1.29, 1.82) is 0 Å². The van der Waals surface area contributed by atoms with E-state index in [-0.39, 0.29) is 5.91 Å². The van der Waals surface area contributed by atoms with Crippen molar-refractivity contribution in [2.24, 2.45) is 0 Å². The number of thiophene rings is 1. The average molecular weight is 409 g/mol. The van der Waals surface area contributed by atoms with Crippen molar-refractivity contribution < 1.29 is 4.79 Å². The first kappa shape index (κ1) is 17.3. The van der Waals surface area contributed by atoms with E-state index in [1.165, 1.54) is 11.3 Å². The van der Waals surface area contributed by atoms with Crippen LogP contribution in [0.2, 0.25) is 4.34 Å². The van der Waals surface area contributed by atoms with Gasteiger partial charge in [0.1, 0.15) is 5.82 Å². The fourth-order valence-corrected chi connectivity index (χ4v) is 4.65. The minimum Gasteiger partial charge on any atom is -0.327 e. The molecule has 7 heteroatoms. The maximum atomic E-state index is 12.9. The van der Waals surface area contributed by atoms with Gasteiger partial charge in [0, 0.05) is 18.0 Å². The summed E-state index contributed by atoms with van der Waals surface area (Å²) in [4.78, 5) is 15.4. The molecule has 28 heavy (non-hydrogen) atoms. The normalized spacial score (nSPS) is 13.1. The lowest BCUT2D eigenvalue weighted by Crippen LogP contribution is -2.25. The molecule has 1 aliphatic rings. The number of hydrogen-bond donors (Lipinski definition) is 0. The number of rotatable bonds is 3. The van der Waals surface area contributed by atoms with Crippen LogP contribution in [0.1, 0.15) is 26.5 Å². The van der Waals surface area contributed by atoms with Gasteiger partial charge in [0.05, 0.1) is 33.7 Å². The molecule has 0 fully saturated rings. The van der Waals surface area contributed by atoms with Crippen LogP contribution in [0, 0.1) is 6.92 Å². The zero-order valence-corrected chi connectivity index (χ0v) is 16.7. The van der Waals surface area contributed by atoms with Gasteiger partial charge in [-0.05, 0) is 42.8 Å². The maximum Gasteiger partial charge on any atom is 0.264 e. The molecule has 0 N–H and O–H groups in total. The lowest BCUT2D eigenvalue weighted by Gasteiger charge is -2.17. The van der Waals surface area contributed by atoms with Crippen molar-refractivity contribution in [3.05, 3.63) is 87.0 Å². The molecule has 1 aliphatic heterocycles. The van der Waals surface area contributed by atoms with Crippen molar-refractivity contribution in [1.82, 2.24) is 19.2 Å². The standard InChI is InChI=1S/C21H17ClN4OS/c1-14-6-2-3-7-17(14)26-20(24-10-4-5-11-24)15-12-25(13-16(15)23-26)21(27)18-8-9-19(22)28-18/h2-11H,12-13H2,1H3. The summed E-state index contributed by atoms with van der Waals surface area (Å²) >= 11 is 7.32. The van der Waals surface area contributed by atoms with E-state index in [1.807, 2.05) is 46.2 Å². The SMILES string of the molecule is Cc1ccccc1-n1nc2c(c1-n1cccc1)CN(C(=O)c1ccc(Cl)s1)C2. The minimum atomic E-state index is -0.00389. The van der Waals surface area contributed by atoms with Crippen molar-refractivity contribution in [2.75, 3.05) is 0 Å². The van der Waals surface area contributed by atoms with Crippen LogP contribution in [0.25, 0.3) is 11.5 Å². The quantitative estimate of drug-likeness (QED) is 0.486. The van der Waals surface area contributed by atoms with Crippen LogP contribution < -0.4 is 0 Å². The average Bonchev–Trinajstić information content (AvgIpc) is 3.45. The fourth-order valence-electron chi connectivity index (χ4n) is 3.64. The maximum absolute atomic E-state index is 12.9. The molecule has 0 spiro atoms. The van der Waals surface area contributed by atoms with Gasteiger partial charge in [-0.1, -0.05) is 29.8 Å². The van der Waals surface area contributed by atoms with Crippen LogP contribution in [-0.2, 0) is 13.1 Å². The lowest BCUT2D eigenvalue weighted by molar-refractivity contribution is 0.0754. The van der Waals surface area contributed by atoms with Crippen molar-refractivity contribution in [2.45, 2.75) is 20.0 Å². The van der Waals surface area contributed by atoms with E-state index in [0.717, 1.165) is 28.3 Å². The van der Waals surface area contributed by atoms with Gasteiger partial charge in [-0.3, -0.25) is 4.79 Å². The molecule has 0 saturated heterocycles. The van der Waals surface area contributed by atoms with Crippen molar-refractivity contribution in [3.8, 4) is 11.5 Å². The number of fused-ring (bicyclic) bond motifs is 1. The summed E-state index contributed by atoms with van der Waals surface area (Å²) in [6, 6.07) is 15.7. The molecule has 3 aromatic heterocycles. The number of carbonyl (C=O) groups excluding carboxylic acids is 1. The number of hydrogen-bond acceptors (Lipinski definition) is 3. The predicted octanol–water partition coefficient (Wildman–Crippen LogP) is 4.84. The van der Waals surface area contributed by atoms with E-state index in [2.05, 4.69) is 23.6 Å². The summed E-state index contributed by atoms with van der Waals surface area (Å²) in [6.07, 6.45) is 4.02. The Morgan fingerprint density at radius 2 is 1.86 bits per heavy atom. The molecular weight excluding hydrogens is 392 g/mol. The Balaban J connectivity index is 1.57. The zero-order valence-electron chi connectivity index (χ0n) is 15.2. The van der Waals surface area contributed by atoms with Crippen LogP contribution in [0.4, 0.5) is 0 Å². The third-order valence-electron chi connectivity index (χ3n) is 4.99. The highest BCUT2D eigenvalue weighted by atomic mass is 35.5. The third-order valence-corrected chi connectivity index (χ3v) is 6.21. The summed E-state index contributed by atoms with van der Waals surface area (Å²) in [5.41, 5.74) is 4.21. The van der Waals surface area contributed by atoms with Crippen molar-refractivity contribution in [3.63, 3.8) is 0 Å². The monoisotopic (exact) mass is 408 g/mol.